The van der Waals surface area contributed by atoms with Crippen molar-refractivity contribution in [3.63, 3.8) is 0 Å². The van der Waals surface area contributed by atoms with Gasteiger partial charge >= 0.3 is 143 Å². The van der Waals surface area contributed by atoms with Gasteiger partial charge in [-0.25, -0.2) is 0 Å². The van der Waals surface area contributed by atoms with Crippen LogP contribution in [0.2, 0.25) is 0 Å². The third-order valence-corrected chi connectivity index (χ3v) is 15.4. The number of carbonyl (C=O) groups excluding carboxylic acids is 1. The molecule has 6 atom stereocenters. The number of carbonyl (C=O) groups is 1. The van der Waals surface area contributed by atoms with Gasteiger partial charge in [0.25, 0.3) is 0 Å². The average molecular weight is 516 g/mol. The molecule has 2 bridgehead atoms. The van der Waals surface area contributed by atoms with Gasteiger partial charge in [0, 0.05) is 0 Å². The summed E-state index contributed by atoms with van der Waals surface area (Å²) >= 11 is -1.29. The molecule has 3 aliphatic heterocycles. The fourth-order valence-electron chi connectivity index (χ4n) is 5.48. The van der Waals surface area contributed by atoms with Crippen molar-refractivity contribution in [3.8, 4) is 0 Å². The molecule has 3 saturated heterocycles. The van der Waals surface area contributed by atoms with Crippen LogP contribution >= 0.6 is 20.4 Å². The van der Waals surface area contributed by atoms with Crippen LogP contribution in [0.15, 0.2) is 0 Å². The van der Waals surface area contributed by atoms with E-state index < -0.39 is 20.4 Å². The Morgan fingerprint density at radius 2 is 2.10 bits per heavy atom. The number of hydrogen-bond acceptors (Lipinski definition) is 5. The van der Waals surface area contributed by atoms with E-state index in [1.54, 1.807) is 0 Å². The summed E-state index contributed by atoms with van der Waals surface area (Å²) in [4.78, 5) is 12.9. The summed E-state index contributed by atoms with van der Waals surface area (Å²) in [6.07, 6.45) is 6.29. The summed E-state index contributed by atoms with van der Waals surface area (Å²) in [7, 11) is 0. The summed E-state index contributed by atoms with van der Waals surface area (Å²) in [6, 6.07) is 0. The molecule has 6 fully saturated rings. The van der Waals surface area contributed by atoms with E-state index in [1.807, 2.05) is 0 Å². The molecule has 3 saturated carbocycles. The Morgan fingerprint density at radius 3 is 2.57 bits per heavy atom. The summed E-state index contributed by atoms with van der Waals surface area (Å²) in [5.41, 5.74) is -0.121. The van der Waals surface area contributed by atoms with E-state index in [0.717, 1.165) is 30.6 Å². The number of fused-ring (bicyclic) bond motifs is 6. The van der Waals surface area contributed by atoms with Gasteiger partial charge in [-0.3, -0.25) is 0 Å². The number of ether oxygens (including phenoxy) is 1. The van der Waals surface area contributed by atoms with Gasteiger partial charge < -0.3 is 0 Å². The molecule has 0 aromatic heterocycles. The first-order valence-electron chi connectivity index (χ1n) is 8.05. The molecule has 3 heterocycles. The Morgan fingerprint density at radius 1 is 1.38 bits per heavy atom. The normalized spacial score (nSPS) is 58.4. The Hall–Kier alpha value is 0.810. The fourth-order valence-corrected chi connectivity index (χ4v) is 15.5. The second kappa shape index (κ2) is 3.73. The Kier molecular flexibility index (Phi) is 2.33. The number of nitrogens with one attached hydrogen (secondary N) is 3. The van der Waals surface area contributed by atoms with Gasteiger partial charge in [-0.1, -0.05) is 0 Å². The number of alkyl halides is 2. The van der Waals surface area contributed by atoms with Crippen molar-refractivity contribution in [1.82, 2.24) is 10.6 Å². The van der Waals surface area contributed by atoms with Crippen LogP contribution < -0.4 is 32.1 Å². The topological polar surface area (TPSA) is 92.1 Å². The van der Waals surface area contributed by atoms with Gasteiger partial charge in [0.15, 0.2) is 0 Å². The molecular weight excluding hydrogens is 496 g/mol. The van der Waals surface area contributed by atoms with Crippen molar-refractivity contribution < 1.29 is 31.0 Å². The van der Waals surface area contributed by atoms with Crippen LogP contribution in [0.1, 0.15) is 39.0 Å². The molecular formula is C14H20I2N3O2-. The Bertz CT molecular complexity index is 560. The van der Waals surface area contributed by atoms with E-state index >= 15 is 0 Å². The molecule has 7 heteroatoms. The SMILES string of the molecule is CCC1(OC(=O)C2(C34NI3N4)N[I-]2)CC2CC1C1CCC21. The van der Waals surface area contributed by atoms with Crippen LogP contribution in [0.25, 0.3) is 0 Å². The van der Waals surface area contributed by atoms with E-state index in [9.17, 15) is 4.79 Å². The average Bonchev–Trinajstić information content (AvgIpc) is 3.24. The monoisotopic (exact) mass is 516 g/mol. The summed E-state index contributed by atoms with van der Waals surface area (Å²) in [6.45, 7) is 2.23. The first-order valence-corrected chi connectivity index (χ1v) is 13.4. The molecule has 6 aliphatic rings. The van der Waals surface area contributed by atoms with Gasteiger partial charge in [-0.05, 0) is 0 Å². The number of halogens is 2. The van der Waals surface area contributed by atoms with Crippen LogP contribution in [0.4, 0.5) is 0 Å². The van der Waals surface area contributed by atoms with Crippen LogP contribution in [0.5, 0.6) is 0 Å². The summed E-state index contributed by atoms with van der Waals surface area (Å²) in [5, 5.41) is 0. The Labute approximate surface area is 142 Å². The molecule has 0 spiro atoms. The minimum absolute atomic E-state index is 0.0485. The number of esters is 1. The molecule has 0 aromatic carbocycles. The van der Waals surface area contributed by atoms with Gasteiger partial charge in [0.05, 0.1) is 0 Å². The molecule has 6 unspecified atom stereocenters. The Balaban J connectivity index is 1.27. The van der Waals surface area contributed by atoms with Crippen molar-refractivity contribution >= 4 is 26.3 Å². The predicted molar refractivity (Wildman–Crippen MR) is 80.4 cm³/mol. The fraction of sp³-hybridized carbons (Fsp3) is 0.929. The second-order valence-corrected chi connectivity index (χ2v) is 14.5. The maximum atomic E-state index is 12.9. The molecule has 0 radical (unpaired) electrons. The molecule has 21 heavy (non-hydrogen) atoms. The molecule has 3 N–H and O–H groups in total. The zero-order valence-electron chi connectivity index (χ0n) is 11.9. The number of rotatable bonds is 4. The van der Waals surface area contributed by atoms with E-state index in [1.165, 1.54) is 19.3 Å². The standard InChI is InChI=1S/C14H20I2N3O2/c1-2-12(6-7-5-10(12)9-4-3-8(7)9)21-11(20)13(15-17-13)14-16(18-14)19-14/h7-10,17-19H,2-6H2,1H3/q-1. The molecule has 0 aromatic rings. The van der Waals surface area contributed by atoms with Crippen molar-refractivity contribution in [2.24, 2.45) is 23.7 Å². The van der Waals surface area contributed by atoms with Gasteiger partial charge in [0.2, 0.25) is 0 Å². The first kappa shape index (κ1) is 13.1. The van der Waals surface area contributed by atoms with Gasteiger partial charge in [0.1, 0.15) is 0 Å². The maximum absolute atomic E-state index is 12.9. The zero-order valence-corrected chi connectivity index (χ0v) is 16.2. The van der Waals surface area contributed by atoms with Gasteiger partial charge in [-0.15, -0.1) is 0 Å². The van der Waals surface area contributed by atoms with E-state index in [-0.39, 0.29) is 40.3 Å². The van der Waals surface area contributed by atoms with Crippen LogP contribution in [0, 0.1) is 23.7 Å². The summed E-state index contributed by atoms with van der Waals surface area (Å²) in [5.74, 6) is 3.43. The van der Waals surface area contributed by atoms with Crippen LogP contribution in [-0.4, -0.2) is 18.8 Å². The van der Waals surface area contributed by atoms with Crippen molar-refractivity contribution in [2.75, 3.05) is 0 Å². The zero-order chi connectivity index (χ0) is 14.0. The van der Waals surface area contributed by atoms with Crippen LogP contribution in [-0.2, 0) is 9.53 Å². The van der Waals surface area contributed by atoms with E-state index in [2.05, 4.69) is 17.5 Å². The van der Waals surface area contributed by atoms with E-state index in [0.29, 0.717) is 5.92 Å². The third kappa shape index (κ3) is 1.39. The minimum atomic E-state index is -1.08. The molecule has 118 valence electrons. The molecule has 6 rings (SSSR count). The van der Waals surface area contributed by atoms with Crippen LogP contribution in [0.3, 0.4) is 0 Å². The number of hydrogen-bond donors (Lipinski definition) is 3. The van der Waals surface area contributed by atoms with E-state index in [4.69, 9.17) is 4.74 Å². The third-order valence-electron chi connectivity index (χ3n) is 6.94. The van der Waals surface area contributed by atoms with Crippen molar-refractivity contribution in [1.29, 1.82) is 0 Å². The second-order valence-electron chi connectivity index (χ2n) is 7.50. The summed E-state index contributed by atoms with van der Waals surface area (Å²) < 4.78 is 16.6. The molecule has 3 aliphatic carbocycles. The first-order chi connectivity index (χ1) is 10.1. The quantitative estimate of drug-likeness (QED) is 0.103. The predicted octanol–water partition coefficient (Wildman–Crippen LogP) is -1.76. The van der Waals surface area contributed by atoms with Crippen molar-refractivity contribution in [2.45, 2.75) is 51.8 Å². The molecule has 0 amide bonds. The van der Waals surface area contributed by atoms with Gasteiger partial charge in [-0.2, -0.15) is 0 Å². The van der Waals surface area contributed by atoms with Crippen molar-refractivity contribution in [3.05, 3.63) is 0 Å². The molecule has 5 nitrogen and oxygen atoms in total.